The van der Waals surface area contributed by atoms with Crippen LogP contribution in [0, 0.1) is 0 Å². The first kappa shape index (κ1) is 5.05. The van der Waals surface area contributed by atoms with E-state index >= 15 is 0 Å². The summed E-state index contributed by atoms with van der Waals surface area (Å²) in [6, 6.07) is 0.640. The second-order valence-electron chi connectivity index (χ2n) is 2.49. The van der Waals surface area contributed by atoms with Crippen LogP contribution in [0.1, 0.15) is 0 Å². The first-order valence-corrected chi connectivity index (χ1v) is 3.14. The van der Waals surface area contributed by atoms with Gasteiger partial charge in [-0.3, -0.25) is 0 Å². The van der Waals surface area contributed by atoms with Gasteiger partial charge in [0.1, 0.15) is 0 Å². The van der Waals surface area contributed by atoms with E-state index in [0.717, 1.165) is 13.1 Å². The standard InChI is InChI=1S/C5H9N3O/c9-5-7-3-1-6-2-4(3)8-5/h3-4,6H,1-2H2,(H2,7,8,9)/t3-,4+. The molecule has 2 rings (SSSR count). The fraction of sp³-hybridized carbons (Fsp3) is 0.800. The lowest BCUT2D eigenvalue weighted by molar-refractivity contribution is 0.246. The van der Waals surface area contributed by atoms with Crippen molar-refractivity contribution in [3.63, 3.8) is 0 Å². The highest BCUT2D eigenvalue weighted by atomic mass is 16.2. The molecule has 0 bridgehead atoms. The molecule has 9 heavy (non-hydrogen) atoms. The van der Waals surface area contributed by atoms with E-state index in [1.54, 1.807) is 0 Å². The Hall–Kier alpha value is -0.770. The molecule has 0 aromatic heterocycles. The van der Waals surface area contributed by atoms with Crippen LogP contribution in [-0.4, -0.2) is 31.2 Å². The maximum absolute atomic E-state index is 10.6. The molecule has 0 spiro atoms. The molecule has 2 fully saturated rings. The van der Waals surface area contributed by atoms with Gasteiger partial charge in [0.25, 0.3) is 0 Å². The van der Waals surface area contributed by atoms with Crippen LogP contribution in [-0.2, 0) is 0 Å². The first-order chi connectivity index (χ1) is 4.36. The molecule has 4 nitrogen and oxygen atoms in total. The quantitative estimate of drug-likeness (QED) is 0.376. The van der Waals surface area contributed by atoms with E-state index in [2.05, 4.69) is 16.0 Å². The van der Waals surface area contributed by atoms with Crippen LogP contribution in [0.15, 0.2) is 0 Å². The van der Waals surface area contributed by atoms with Gasteiger partial charge in [0, 0.05) is 13.1 Å². The van der Waals surface area contributed by atoms with E-state index < -0.39 is 0 Å². The molecule has 0 aromatic carbocycles. The monoisotopic (exact) mass is 127 g/mol. The van der Waals surface area contributed by atoms with Gasteiger partial charge in [-0.25, -0.2) is 4.79 Å². The van der Waals surface area contributed by atoms with Crippen molar-refractivity contribution in [2.24, 2.45) is 0 Å². The van der Waals surface area contributed by atoms with Gasteiger partial charge in [-0.1, -0.05) is 0 Å². The Kier molecular flexibility index (Phi) is 0.900. The highest BCUT2D eigenvalue weighted by molar-refractivity contribution is 5.77. The van der Waals surface area contributed by atoms with E-state index in [4.69, 9.17) is 0 Å². The van der Waals surface area contributed by atoms with Gasteiger partial charge in [-0.15, -0.1) is 0 Å². The lowest BCUT2D eigenvalue weighted by atomic mass is 10.2. The third kappa shape index (κ3) is 0.666. The van der Waals surface area contributed by atoms with Gasteiger partial charge in [-0.05, 0) is 0 Å². The first-order valence-electron chi connectivity index (χ1n) is 3.14. The maximum atomic E-state index is 10.6. The molecule has 4 heteroatoms. The summed E-state index contributed by atoms with van der Waals surface area (Å²) in [5.74, 6) is 0. The molecule has 2 atom stereocenters. The second-order valence-corrected chi connectivity index (χ2v) is 2.49. The third-order valence-electron chi connectivity index (χ3n) is 1.85. The fourth-order valence-corrected chi connectivity index (χ4v) is 1.36. The molecule has 2 amide bonds. The van der Waals surface area contributed by atoms with Crippen molar-refractivity contribution in [1.29, 1.82) is 0 Å². The summed E-state index contributed by atoms with van der Waals surface area (Å²) in [7, 11) is 0. The molecule has 2 aliphatic rings. The van der Waals surface area contributed by atoms with Gasteiger partial charge in [-0.2, -0.15) is 0 Å². The Morgan fingerprint density at radius 1 is 1.22 bits per heavy atom. The van der Waals surface area contributed by atoms with Crippen molar-refractivity contribution in [3.05, 3.63) is 0 Å². The van der Waals surface area contributed by atoms with Crippen LogP contribution in [0.4, 0.5) is 4.79 Å². The number of fused-ring (bicyclic) bond motifs is 1. The van der Waals surface area contributed by atoms with E-state index in [9.17, 15) is 4.79 Å². The lowest BCUT2D eigenvalue weighted by Crippen LogP contribution is -2.31. The number of nitrogens with one attached hydrogen (secondary N) is 3. The molecule has 2 saturated heterocycles. The molecule has 3 N–H and O–H groups in total. The van der Waals surface area contributed by atoms with Crippen LogP contribution in [0.3, 0.4) is 0 Å². The van der Waals surface area contributed by atoms with Gasteiger partial charge in [0.15, 0.2) is 0 Å². The number of amides is 2. The van der Waals surface area contributed by atoms with Crippen molar-refractivity contribution < 1.29 is 4.79 Å². The highest BCUT2D eigenvalue weighted by Crippen LogP contribution is 2.04. The number of carbonyl (C=O) groups is 1. The summed E-state index contributed by atoms with van der Waals surface area (Å²) in [4.78, 5) is 10.6. The summed E-state index contributed by atoms with van der Waals surface area (Å²) >= 11 is 0. The van der Waals surface area contributed by atoms with Gasteiger partial charge in [0.05, 0.1) is 12.1 Å². The Bertz CT molecular complexity index is 133. The molecule has 50 valence electrons. The van der Waals surface area contributed by atoms with Crippen LogP contribution < -0.4 is 16.0 Å². The van der Waals surface area contributed by atoms with Crippen molar-refractivity contribution in [1.82, 2.24) is 16.0 Å². The zero-order valence-electron chi connectivity index (χ0n) is 4.98. The maximum Gasteiger partial charge on any atom is 0.315 e. The second kappa shape index (κ2) is 1.60. The minimum absolute atomic E-state index is 0.0218. The highest BCUT2D eigenvalue weighted by Gasteiger charge is 2.34. The van der Waals surface area contributed by atoms with Crippen molar-refractivity contribution >= 4 is 6.03 Å². The van der Waals surface area contributed by atoms with Crippen molar-refractivity contribution in [3.8, 4) is 0 Å². The van der Waals surface area contributed by atoms with Crippen LogP contribution >= 0.6 is 0 Å². The average molecular weight is 127 g/mol. The van der Waals surface area contributed by atoms with E-state index in [0.29, 0.717) is 12.1 Å². The summed E-state index contributed by atoms with van der Waals surface area (Å²) in [5, 5.41) is 8.77. The molecule has 0 unspecified atom stereocenters. The zero-order valence-corrected chi connectivity index (χ0v) is 4.98. The molecular weight excluding hydrogens is 118 g/mol. The van der Waals surface area contributed by atoms with E-state index in [-0.39, 0.29) is 6.03 Å². The molecule has 0 aromatic rings. The molecule has 0 aliphatic carbocycles. The van der Waals surface area contributed by atoms with Crippen LogP contribution in [0.2, 0.25) is 0 Å². The number of urea groups is 1. The van der Waals surface area contributed by atoms with E-state index in [1.165, 1.54) is 0 Å². The smallest absolute Gasteiger partial charge is 0.315 e. The summed E-state index contributed by atoms with van der Waals surface area (Å²) in [6.45, 7) is 1.81. The number of hydrogen-bond donors (Lipinski definition) is 3. The minimum atomic E-state index is -0.0218. The predicted molar refractivity (Wildman–Crippen MR) is 32.1 cm³/mol. The molecule has 0 radical (unpaired) electrons. The third-order valence-corrected chi connectivity index (χ3v) is 1.85. The van der Waals surface area contributed by atoms with Crippen LogP contribution in [0.5, 0.6) is 0 Å². The minimum Gasteiger partial charge on any atom is -0.332 e. The molecular formula is C5H9N3O. The average Bonchev–Trinajstić information content (AvgIpc) is 2.22. The largest absolute Gasteiger partial charge is 0.332 e. The molecule has 2 aliphatic heterocycles. The lowest BCUT2D eigenvalue weighted by Gasteiger charge is -2.02. The Balaban J connectivity index is 2.09. The Morgan fingerprint density at radius 2 is 1.78 bits per heavy atom. The van der Waals surface area contributed by atoms with Crippen molar-refractivity contribution in [2.75, 3.05) is 13.1 Å². The normalized spacial score (nSPS) is 39.8. The van der Waals surface area contributed by atoms with Gasteiger partial charge >= 0.3 is 6.03 Å². The molecule has 2 heterocycles. The van der Waals surface area contributed by atoms with Crippen LogP contribution in [0.25, 0.3) is 0 Å². The Morgan fingerprint density at radius 3 is 2.33 bits per heavy atom. The Labute approximate surface area is 53.0 Å². The predicted octanol–water partition coefficient (Wildman–Crippen LogP) is -1.36. The van der Waals surface area contributed by atoms with E-state index in [1.807, 2.05) is 0 Å². The van der Waals surface area contributed by atoms with Crippen molar-refractivity contribution in [2.45, 2.75) is 12.1 Å². The summed E-state index contributed by atoms with van der Waals surface area (Å²) in [6.07, 6.45) is 0. The number of rotatable bonds is 0. The SMILES string of the molecule is O=C1N[C@H]2CNC[C@H]2N1. The number of carbonyl (C=O) groups excluding carboxylic acids is 1. The summed E-state index contributed by atoms with van der Waals surface area (Å²) in [5.41, 5.74) is 0. The van der Waals surface area contributed by atoms with Gasteiger partial charge in [0.2, 0.25) is 0 Å². The summed E-state index contributed by atoms with van der Waals surface area (Å²) < 4.78 is 0. The fourth-order valence-electron chi connectivity index (χ4n) is 1.36. The molecule has 0 saturated carbocycles. The topological polar surface area (TPSA) is 53.2 Å². The van der Waals surface area contributed by atoms with Gasteiger partial charge < -0.3 is 16.0 Å². The zero-order chi connectivity index (χ0) is 6.27. The number of hydrogen-bond acceptors (Lipinski definition) is 2.